The molecule has 0 saturated carbocycles. The highest BCUT2D eigenvalue weighted by molar-refractivity contribution is 7.80. The van der Waals surface area contributed by atoms with Crippen LogP contribution in [0.2, 0.25) is 0 Å². The Morgan fingerprint density at radius 1 is 1.03 bits per heavy atom. The largest absolute Gasteiger partial charge is 0.508 e. The summed E-state index contributed by atoms with van der Waals surface area (Å²) < 4.78 is 5.20. The van der Waals surface area contributed by atoms with Gasteiger partial charge in [-0.15, -0.1) is 0 Å². The first-order chi connectivity index (χ1) is 14.5. The maximum Gasteiger partial charge on any atom is 0.194 e. The number of para-hydroxylation sites is 1. The number of hydrazone groups is 1. The molecule has 3 N–H and O–H groups in total. The number of nitrogens with one attached hydrogen (secondary N) is 1. The number of phenols is 2. The number of hydrogen-bond donors (Lipinski definition) is 3. The van der Waals surface area contributed by atoms with Gasteiger partial charge in [0.15, 0.2) is 5.11 Å². The summed E-state index contributed by atoms with van der Waals surface area (Å²) in [5.41, 5.74) is 3.19. The molecular formula is C23H21N3O3S. The van der Waals surface area contributed by atoms with Gasteiger partial charge in [-0.2, -0.15) is 5.10 Å². The maximum atomic E-state index is 10.3. The molecule has 3 aromatic carbocycles. The molecule has 3 aromatic rings. The number of thiocarbonyl (C=S) groups is 1. The molecule has 0 aromatic heterocycles. The SMILES string of the molecule is COc1ccc(NC(=S)N2N=C(c3ccccc3O)C[C@H]2c2ccc(O)cc2)cc1. The highest BCUT2D eigenvalue weighted by atomic mass is 32.1. The molecule has 4 rings (SSSR count). The third-order valence-electron chi connectivity index (χ3n) is 4.95. The third kappa shape index (κ3) is 4.06. The van der Waals surface area contributed by atoms with Crippen LogP contribution in [-0.4, -0.2) is 33.2 Å². The molecule has 152 valence electrons. The molecule has 6 nitrogen and oxygen atoms in total. The first-order valence-corrected chi connectivity index (χ1v) is 9.85. The van der Waals surface area contributed by atoms with E-state index in [2.05, 4.69) is 5.32 Å². The first kappa shape index (κ1) is 19.7. The summed E-state index contributed by atoms with van der Waals surface area (Å²) in [6.45, 7) is 0. The minimum atomic E-state index is -0.168. The van der Waals surface area contributed by atoms with Gasteiger partial charge >= 0.3 is 0 Å². The van der Waals surface area contributed by atoms with Crippen molar-refractivity contribution in [2.24, 2.45) is 5.10 Å². The Bertz CT molecular complexity index is 1080. The molecule has 0 radical (unpaired) electrons. The van der Waals surface area contributed by atoms with E-state index in [1.807, 2.05) is 48.5 Å². The highest BCUT2D eigenvalue weighted by Crippen LogP contribution is 2.35. The van der Waals surface area contributed by atoms with E-state index in [0.717, 1.165) is 22.7 Å². The molecule has 1 heterocycles. The van der Waals surface area contributed by atoms with Gasteiger partial charge < -0.3 is 20.3 Å². The summed E-state index contributed by atoms with van der Waals surface area (Å²) in [6.07, 6.45) is 0.562. The fourth-order valence-corrected chi connectivity index (χ4v) is 3.68. The van der Waals surface area contributed by atoms with Crippen LogP contribution in [0.1, 0.15) is 23.6 Å². The quantitative estimate of drug-likeness (QED) is 0.534. The van der Waals surface area contributed by atoms with E-state index in [1.165, 1.54) is 0 Å². The lowest BCUT2D eigenvalue weighted by atomic mass is 9.98. The smallest absolute Gasteiger partial charge is 0.194 e. The number of nitrogens with zero attached hydrogens (tertiary/aromatic N) is 2. The number of methoxy groups -OCH3 is 1. The van der Waals surface area contributed by atoms with Gasteiger partial charge in [0, 0.05) is 17.7 Å². The Balaban J connectivity index is 1.64. The standard InChI is InChI=1S/C23H21N3O3S/c1-29-18-12-8-16(9-13-18)24-23(30)26-21(15-6-10-17(27)11-7-15)14-20(25-26)19-4-2-3-5-22(19)28/h2-13,21,27-28H,14H2,1H3,(H,24,30)/t21-/m0/s1. The lowest BCUT2D eigenvalue weighted by Gasteiger charge is -2.25. The number of phenolic OH excluding ortho intramolecular Hbond substituents is 2. The van der Waals surface area contributed by atoms with Gasteiger partial charge in [-0.3, -0.25) is 0 Å². The number of hydrogen-bond acceptors (Lipinski definition) is 5. The predicted octanol–water partition coefficient (Wildman–Crippen LogP) is 4.65. The molecule has 1 atom stereocenters. The zero-order chi connectivity index (χ0) is 21.1. The Morgan fingerprint density at radius 3 is 2.40 bits per heavy atom. The van der Waals surface area contributed by atoms with Crippen LogP contribution >= 0.6 is 12.2 Å². The second-order valence-electron chi connectivity index (χ2n) is 6.88. The van der Waals surface area contributed by atoms with Gasteiger partial charge in [0.2, 0.25) is 0 Å². The van der Waals surface area contributed by atoms with E-state index in [-0.39, 0.29) is 17.5 Å². The summed E-state index contributed by atoms with van der Waals surface area (Å²) in [5, 5.41) is 30.1. The zero-order valence-electron chi connectivity index (χ0n) is 16.3. The van der Waals surface area contributed by atoms with Crippen LogP contribution in [0.4, 0.5) is 5.69 Å². The van der Waals surface area contributed by atoms with Crippen LogP contribution in [0.5, 0.6) is 17.2 Å². The van der Waals surface area contributed by atoms with Crippen LogP contribution < -0.4 is 10.1 Å². The van der Waals surface area contributed by atoms with E-state index in [4.69, 9.17) is 22.1 Å². The molecule has 7 heteroatoms. The summed E-state index contributed by atoms with van der Waals surface area (Å²) in [6, 6.07) is 21.4. The van der Waals surface area contributed by atoms with Crippen LogP contribution in [-0.2, 0) is 0 Å². The average Bonchev–Trinajstić information content (AvgIpc) is 3.20. The van der Waals surface area contributed by atoms with Gasteiger partial charge in [0.25, 0.3) is 0 Å². The van der Waals surface area contributed by atoms with Crippen molar-refractivity contribution in [3.63, 3.8) is 0 Å². The van der Waals surface area contributed by atoms with E-state index in [9.17, 15) is 10.2 Å². The van der Waals surface area contributed by atoms with Gasteiger partial charge in [-0.25, -0.2) is 5.01 Å². The predicted molar refractivity (Wildman–Crippen MR) is 121 cm³/mol. The second kappa shape index (κ2) is 8.42. The highest BCUT2D eigenvalue weighted by Gasteiger charge is 2.32. The molecule has 1 aliphatic heterocycles. The van der Waals surface area contributed by atoms with Gasteiger partial charge in [0.05, 0.1) is 18.9 Å². The normalized spacial score (nSPS) is 15.6. The first-order valence-electron chi connectivity index (χ1n) is 9.44. The second-order valence-corrected chi connectivity index (χ2v) is 7.27. The minimum absolute atomic E-state index is 0.168. The van der Waals surface area contributed by atoms with Crippen LogP contribution in [0.15, 0.2) is 77.9 Å². The van der Waals surface area contributed by atoms with Crippen molar-refractivity contribution in [3.8, 4) is 17.2 Å². The van der Waals surface area contributed by atoms with Gasteiger partial charge in [-0.05, 0) is 66.3 Å². The van der Waals surface area contributed by atoms with Crippen LogP contribution in [0, 0.1) is 0 Å². The van der Waals surface area contributed by atoms with Crippen molar-refractivity contribution in [2.75, 3.05) is 12.4 Å². The van der Waals surface area contributed by atoms with Crippen molar-refractivity contribution >= 4 is 28.7 Å². The average molecular weight is 420 g/mol. The maximum absolute atomic E-state index is 10.3. The molecular weight excluding hydrogens is 398 g/mol. The zero-order valence-corrected chi connectivity index (χ0v) is 17.1. The Hall–Kier alpha value is -3.58. The van der Waals surface area contributed by atoms with Crippen molar-refractivity contribution in [1.82, 2.24) is 5.01 Å². The van der Waals surface area contributed by atoms with E-state index >= 15 is 0 Å². The number of aromatic hydroxyl groups is 2. The summed E-state index contributed by atoms with van der Waals surface area (Å²) in [4.78, 5) is 0. The van der Waals surface area contributed by atoms with Crippen molar-refractivity contribution < 1.29 is 14.9 Å². The number of benzene rings is 3. The molecule has 0 unspecified atom stereocenters. The van der Waals surface area contributed by atoms with Crippen molar-refractivity contribution in [2.45, 2.75) is 12.5 Å². The van der Waals surface area contributed by atoms with E-state index < -0.39 is 0 Å². The minimum Gasteiger partial charge on any atom is -0.508 e. The fraction of sp³-hybridized carbons (Fsp3) is 0.130. The Kier molecular flexibility index (Phi) is 5.54. The Morgan fingerprint density at radius 2 is 1.73 bits per heavy atom. The monoisotopic (exact) mass is 419 g/mol. The Labute approximate surface area is 180 Å². The van der Waals surface area contributed by atoms with Gasteiger partial charge in [0.1, 0.15) is 17.2 Å². The molecule has 0 spiro atoms. The fourth-order valence-electron chi connectivity index (χ4n) is 3.39. The topological polar surface area (TPSA) is 77.3 Å². The summed E-state index contributed by atoms with van der Waals surface area (Å²) >= 11 is 5.66. The number of rotatable bonds is 4. The van der Waals surface area contributed by atoms with E-state index in [1.54, 1.807) is 36.4 Å². The molecule has 30 heavy (non-hydrogen) atoms. The van der Waals surface area contributed by atoms with E-state index in [0.29, 0.717) is 17.1 Å². The number of anilines is 1. The van der Waals surface area contributed by atoms with Crippen LogP contribution in [0.25, 0.3) is 0 Å². The lowest BCUT2D eigenvalue weighted by Crippen LogP contribution is -2.31. The number of ether oxygens (including phenoxy) is 1. The molecule has 0 amide bonds. The molecule has 0 saturated heterocycles. The molecule has 1 aliphatic rings. The van der Waals surface area contributed by atoms with Crippen LogP contribution in [0.3, 0.4) is 0 Å². The lowest BCUT2D eigenvalue weighted by molar-refractivity contribution is 0.375. The summed E-state index contributed by atoms with van der Waals surface area (Å²) in [7, 11) is 1.62. The molecule has 0 bridgehead atoms. The molecule has 0 fully saturated rings. The van der Waals surface area contributed by atoms with Gasteiger partial charge in [-0.1, -0.05) is 24.3 Å². The third-order valence-corrected chi connectivity index (χ3v) is 5.24. The molecule has 0 aliphatic carbocycles. The van der Waals surface area contributed by atoms with Crippen molar-refractivity contribution in [1.29, 1.82) is 0 Å². The summed E-state index contributed by atoms with van der Waals surface area (Å²) in [5.74, 6) is 1.13. The van der Waals surface area contributed by atoms with Crippen molar-refractivity contribution in [3.05, 3.63) is 83.9 Å².